The second kappa shape index (κ2) is 8.27. The van der Waals surface area contributed by atoms with Crippen LogP contribution >= 0.6 is 11.6 Å². The van der Waals surface area contributed by atoms with Crippen LogP contribution in [0.3, 0.4) is 0 Å². The highest BCUT2D eigenvalue weighted by Gasteiger charge is 2.23. The molecule has 0 atom stereocenters. The summed E-state index contributed by atoms with van der Waals surface area (Å²) in [6, 6.07) is 12.6. The molecule has 0 radical (unpaired) electrons. The molecule has 2 aromatic carbocycles. The number of benzene rings is 2. The van der Waals surface area contributed by atoms with Crippen molar-refractivity contribution in [3.05, 3.63) is 85.7 Å². The van der Waals surface area contributed by atoms with E-state index in [4.69, 9.17) is 11.6 Å². The lowest BCUT2D eigenvalue weighted by atomic mass is 10.2. The van der Waals surface area contributed by atoms with Gasteiger partial charge in [-0.3, -0.25) is 20.2 Å². The summed E-state index contributed by atoms with van der Waals surface area (Å²) in [5.41, 5.74) is 0.621. The lowest BCUT2D eigenvalue weighted by Crippen LogP contribution is -2.08. The molecule has 0 aliphatic carbocycles. The molecule has 11 heteroatoms. The predicted molar refractivity (Wildman–Crippen MR) is 104 cm³/mol. The molecular weight excluding hydrogens is 388 g/mol. The zero-order chi connectivity index (χ0) is 20.1. The molecule has 0 aliphatic heterocycles. The van der Waals surface area contributed by atoms with Crippen LogP contribution in [0.1, 0.15) is 5.56 Å². The van der Waals surface area contributed by atoms with Crippen molar-refractivity contribution in [1.82, 2.24) is 9.97 Å². The van der Waals surface area contributed by atoms with Crippen molar-refractivity contribution in [2.75, 3.05) is 10.6 Å². The molecule has 1 heterocycles. The summed E-state index contributed by atoms with van der Waals surface area (Å²) in [6.07, 6.45) is 1.16. The Bertz CT molecular complexity index is 1030. The van der Waals surface area contributed by atoms with Gasteiger partial charge in [0.2, 0.25) is 11.6 Å². The number of hydrogen-bond donors (Lipinski definition) is 2. The summed E-state index contributed by atoms with van der Waals surface area (Å²) in [5.74, 6) is -0.0676. The third-order valence-electron chi connectivity index (χ3n) is 3.70. The van der Waals surface area contributed by atoms with Crippen molar-refractivity contribution in [1.29, 1.82) is 0 Å². The monoisotopic (exact) mass is 400 g/mol. The predicted octanol–water partition coefficient (Wildman–Crippen LogP) is 4.30. The average molecular weight is 401 g/mol. The zero-order valence-electron chi connectivity index (χ0n) is 14.2. The van der Waals surface area contributed by atoms with E-state index in [2.05, 4.69) is 20.6 Å². The van der Waals surface area contributed by atoms with Gasteiger partial charge in [0.25, 0.3) is 5.69 Å². The Kier molecular flexibility index (Phi) is 5.61. The Balaban J connectivity index is 1.87. The number of halogens is 1. The standard InChI is InChI=1S/C17H13ClN6O4/c18-12-6-4-11(5-7-12)9-19-16-15(24(27)28)17(21-10-20-16)22-13-2-1-3-14(8-13)23(25)26/h1-8,10H,9H2,(H2,19,20,21,22). The van der Waals surface area contributed by atoms with E-state index < -0.39 is 9.85 Å². The van der Waals surface area contributed by atoms with Crippen molar-refractivity contribution in [2.45, 2.75) is 6.54 Å². The normalized spacial score (nSPS) is 10.3. The average Bonchev–Trinajstić information content (AvgIpc) is 2.67. The summed E-state index contributed by atoms with van der Waals surface area (Å²) >= 11 is 5.84. The summed E-state index contributed by atoms with van der Waals surface area (Å²) in [7, 11) is 0. The lowest BCUT2D eigenvalue weighted by Gasteiger charge is -2.10. The Hall–Kier alpha value is -3.79. The molecule has 0 spiro atoms. The molecule has 3 aromatic rings. The third-order valence-corrected chi connectivity index (χ3v) is 3.95. The van der Waals surface area contributed by atoms with Crippen molar-refractivity contribution in [3.8, 4) is 0 Å². The van der Waals surface area contributed by atoms with Crippen LogP contribution in [0.5, 0.6) is 0 Å². The first kappa shape index (κ1) is 19.0. The Labute approximate surface area is 163 Å². The fourth-order valence-electron chi connectivity index (χ4n) is 2.39. The van der Waals surface area contributed by atoms with Gasteiger partial charge >= 0.3 is 5.69 Å². The molecule has 142 valence electrons. The maximum atomic E-state index is 11.6. The van der Waals surface area contributed by atoms with E-state index in [9.17, 15) is 20.2 Å². The number of aromatic nitrogens is 2. The maximum absolute atomic E-state index is 11.6. The minimum Gasteiger partial charge on any atom is -0.360 e. The first-order valence-electron chi connectivity index (χ1n) is 7.93. The van der Waals surface area contributed by atoms with E-state index >= 15 is 0 Å². The number of nitrogens with zero attached hydrogens (tertiary/aromatic N) is 4. The SMILES string of the molecule is O=[N+]([O-])c1cccc(Nc2ncnc(NCc3ccc(Cl)cc3)c2[N+](=O)[O-])c1. The van der Waals surface area contributed by atoms with Crippen LogP contribution in [0, 0.1) is 20.2 Å². The summed E-state index contributed by atoms with van der Waals surface area (Å²) in [6.45, 7) is 0.283. The topological polar surface area (TPSA) is 136 Å². The molecule has 3 rings (SSSR count). The molecule has 2 N–H and O–H groups in total. The summed E-state index contributed by atoms with van der Waals surface area (Å²) in [4.78, 5) is 29.2. The second-order valence-electron chi connectivity index (χ2n) is 5.59. The quantitative estimate of drug-likeness (QED) is 0.442. The van der Waals surface area contributed by atoms with Crippen molar-refractivity contribution >= 4 is 40.3 Å². The van der Waals surface area contributed by atoms with Gasteiger partial charge in [-0.15, -0.1) is 0 Å². The smallest absolute Gasteiger partial charge is 0.353 e. The molecule has 0 saturated carbocycles. The highest BCUT2D eigenvalue weighted by molar-refractivity contribution is 6.30. The van der Waals surface area contributed by atoms with Gasteiger partial charge in [0, 0.05) is 29.4 Å². The van der Waals surface area contributed by atoms with Gasteiger partial charge in [-0.25, -0.2) is 9.97 Å². The van der Waals surface area contributed by atoms with Gasteiger partial charge in [0.1, 0.15) is 6.33 Å². The van der Waals surface area contributed by atoms with Crippen LogP contribution in [-0.4, -0.2) is 19.8 Å². The van der Waals surface area contributed by atoms with E-state index in [1.165, 1.54) is 18.2 Å². The number of hydrogen-bond acceptors (Lipinski definition) is 8. The largest absolute Gasteiger partial charge is 0.360 e. The van der Waals surface area contributed by atoms with Gasteiger partial charge in [-0.2, -0.15) is 0 Å². The van der Waals surface area contributed by atoms with Gasteiger partial charge in [-0.05, 0) is 23.8 Å². The number of nitrogens with one attached hydrogen (secondary N) is 2. The third kappa shape index (κ3) is 4.48. The molecule has 0 aliphatic rings. The molecule has 1 aromatic heterocycles. The van der Waals surface area contributed by atoms with Crippen LogP contribution < -0.4 is 10.6 Å². The van der Waals surface area contributed by atoms with Crippen LogP contribution in [0.15, 0.2) is 54.9 Å². The van der Waals surface area contributed by atoms with E-state index in [1.807, 2.05) is 0 Å². The number of rotatable bonds is 7. The lowest BCUT2D eigenvalue weighted by molar-refractivity contribution is -0.384. The van der Waals surface area contributed by atoms with E-state index in [1.54, 1.807) is 30.3 Å². The second-order valence-corrected chi connectivity index (χ2v) is 6.03. The van der Waals surface area contributed by atoms with Gasteiger partial charge < -0.3 is 10.6 Å². The van der Waals surface area contributed by atoms with E-state index in [0.29, 0.717) is 10.7 Å². The number of non-ortho nitro benzene ring substituents is 1. The van der Waals surface area contributed by atoms with Crippen LogP contribution in [0.2, 0.25) is 5.02 Å². The van der Waals surface area contributed by atoms with Crippen LogP contribution in [0.25, 0.3) is 0 Å². The zero-order valence-corrected chi connectivity index (χ0v) is 15.0. The molecule has 0 bridgehead atoms. The van der Waals surface area contributed by atoms with Crippen molar-refractivity contribution in [2.24, 2.45) is 0 Å². The maximum Gasteiger partial charge on any atom is 0.353 e. The molecule has 28 heavy (non-hydrogen) atoms. The number of nitro benzene ring substituents is 1. The number of anilines is 3. The molecule has 10 nitrogen and oxygen atoms in total. The summed E-state index contributed by atoms with van der Waals surface area (Å²) in [5, 5.41) is 28.7. The van der Waals surface area contributed by atoms with E-state index in [-0.39, 0.29) is 29.6 Å². The van der Waals surface area contributed by atoms with Gasteiger partial charge in [-0.1, -0.05) is 29.8 Å². The van der Waals surface area contributed by atoms with E-state index in [0.717, 1.165) is 11.9 Å². The fraction of sp³-hybridized carbons (Fsp3) is 0.0588. The highest BCUT2D eigenvalue weighted by atomic mass is 35.5. The van der Waals surface area contributed by atoms with Gasteiger partial charge in [0.05, 0.1) is 9.85 Å². The minimum absolute atomic E-state index is 0.0166. The molecule has 0 unspecified atom stereocenters. The first-order valence-corrected chi connectivity index (χ1v) is 8.31. The van der Waals surface area contributed by atoms with Crippen LogP contribution in [-0.2, 0) is 6.54 Å². The van der Waals surface area contributed by atoms with Crippen molar-refractivity contribution in [3.63, 3.8) is 0 Å². The Morgan fingerprint density at radius 3 is 2.36 bits per heavy atom. The summed E-state index contributed by atoms with van der Waals surface area (Å²) < 4.78 is 0. The Morgan fingerprint density at radius 1 is 0.964 bits per heavy atom. The first-order chi connectivity index (χ1) is 13.4. The number of nitro groups is 2. The Morgan fingerprint density at radius 2 is 1.68 bits per heavy atom. The fourth-order valence-corrected chi connectivity index (χ4v) is 2.52. The molecule has 0 amide bonds. The van der Waals surface area contributed by atoms with Crippen molar-refractivity contribution < 1.29 is 9.85 Å². The highest BCUT2D eigenvalue weighted by Crippen LogP contribution is 2.32. The minimum atomic E-state index is -0.621. The molecule has 0 saturated heterocycles. The molecular formula is C17H13ClN6O4. The molecule has 0 fully saturated rings. The van der Waals surface area contributed by atoms with Gasteiger partial charge in [0.15, 0.2) is 0 Å². The van der Waals surface area contributed by atoms with Crippen LogP contribution in [0.4, 0.5) is 28.7 Å².